The number of likely N-dealkylation sites (N-methyl/N-ethyl adjacent to an activating group) is 1. The maximum atomic E-state index is 11.9. The summed E-state index contributed by atoms with van der Waals surface area (Å²) in [7, 11) is 1.66. The van der Waals surface area contributed by atoms with E-state index in [1.54, 1.807) is 19.2 Å². The van der Waals surface area contributed by atoms with Gasteiger partial charge in [0.2, 0.25) is 5.91 Å². The number of phenols is 1. The van der Waals surface area contributed by atoms with Crippen LogP contribution in [0.1, 0.15) is 38.8 Å². The molecule has 106 valence electrons. The molecule has 0 spiro atoms. The minimum Gasteiger partial charge on any atom is -0.508 e. The number of rotatable bonds is 6. The van der Waals surface area contributed by atoms with E-state index in [9.17, 15) is 9.90 Å². The van der Waals surface area contributed by atoms with E-state index in [-0.39, 0.29) is 23.7 Å². The monoisotopic (exact) mass is 264 g/mol. The lowest BCUT2D eigenvalue weighted by Gasteiger charge is -2.24. The molecule has 2 unspecified atom stereocenters. The number of hydrogen-bond donors (Lipinski definition) is 3. The molecule has 0 bridgehead atoms. The van der Waals surface area contributed by atoms with Crippen LogP contribution in [-0.2, 0) is 4.79 Å². The zero-order chi connectivity index (χ0) is 14.4. The van der Waals surface area contributed by atoms with Gasteiger partial charge in [-0.3, -0.25) is 10.1 Å². The van der Waals surface area contributed by atoms with Crippen LogP contribution in [-0.4, -0.2) is 24.1 Å². The van der Waals surface area contributed by atoms with Crippen LogP contribution < -0.4 is 10.6 Å². The molecule has 0 aliphatic rings. The molecule has 0 saturated carbocycles. The zero-order valence-corrected chi connectivity index (χ0v) is 12.1. The van der Waals surface area contributed by atoms with Gasteiger partial charge in [0.1, 0.15) is 5.75 Å². The minimum atomic E-state index is -0.200. The van der Waals surface area contributed by atoms with Crippen molar-refractivity contribution in [1.29, 1.82) is 0 Å². The van der Waals surface area contributed by atoms with E-state index in [4.69, 9.17) is 0 Å². The van der Waals surface area contributed by atoms with Gasteiger partial charge >= 0.3 is 0 Å². The Bertz CT molecular complexity index is 401. The Hall–Kier alpha value is -1.55. The first-order valence-electron chi connectivity index (χ1n) is 6.70. The molecule has 0 fully saturated rings. The number of carbonyl (C=O) groups excluding carboxylic acids is 1. The molecule has 1 amide bonds. The summed E-state index contributed by atoms with van der Waals surface area (Å²) in [6, 6.07) is 6.90. The van der Waals surface area contributed by atoms with Crippen molar-refractivity contribution in [2.24, 2.45) is 5.92 Å². The van der Waals surface area contributed by atoms with Crippen molar-refractivity contribution >= 4 is 5.91 Å². The Morgan fingerprint density at radius 2 is 1.79 bits per heavy atom. The number of carbonyl (C=O) groups is 1. The lowest BCUT2D eigenvalue weighted by Crippen LogP contribution is -2.44. The standard InChI is InChI=1S/C15H24N2O2/c1-10(2)9-14(15(19)16-4)17-11(3)12-5-7-13(18)8-6-12/h5-8,10-11,14,17-18H,9H2,1-4H3,(H,16,19). The third kappa shape index (κ3) is 4.91. The highest BCUT2D eigenvalue weighted by atomic mass is 16.3. The summed E-state index contributed by atoms with van der Waals surface area (Å²) < 4.78 is 0. The summed E-state index contributed by atoms with van der Waals surface area (Å²) >= 11 is 0. The van der Waals surface area contributed by atoms with Gasteiger partial charge in [-0.1, -0.05) is 26.0 Å². The highest BCUT2D eigenvalue weighted by Crippen LogP contribution is 2.18. The Balaban J connectivity index is 2.72. The van der Waals surface area contributed by atoms with Crippen LogP contribution >= 0.6 is 0 Å². The lowest BCUT2D eigenvalue weighted by molar-refractivity contribution is -0.123. The second-order valence-electron chi connectivity index (χ2n) is 5.28. The van der Waals surface area contributed by atoms with Crippen LogP contribution in [0.2, 0.25) is 0 Å². The SMILES string of the molecule is CNC(=O)C(CC(C)C)NC(C)c1ccc(O)cc1. The summed E-state index contributed by atoms with van der Waals surface area (Å²) in [5.74, 6) is 0.710. The third-order valence-electron chi connectivity index (χ3n) is 3.11. The van der Waals surface area contributed by atoms with Crippen molar-refractivity contribution in [3.05, 3.63) is 29.8 Å². The molecule has 1 rings (SSSR count). The summed E-state index contributed by atoms with van der Waals surface area (Å²) in [5.41, 5.74) is 1.05. The van der Waals surface area contributed by atoms with Crippen LogP contribution in [0.3, 0.4) is 0 Å². The molecule has 0 aliphatic heterocycles. The number of nitrogens with one attached hydrogen (secondary N) is 2. The van der Waals surface area contributed by atoms with E-state index >= 15 is 0 Å². The highest BCUT2D eigenvalue weighted by Gasteiger charge is 2.20. The summed E-state index contributed by atoms with van der Waals surface area (Å²) in [6.07, 6.45) is 0.794. The smallest absolute Gasteiger partial charge is 0.236 e. The molecule has 3 N–H and O–H groups in total. The zero-order valence-electron chi connectivity index (χ0n) is 12.1. The first kappa shape index (κ1) is 15.5. The van der Waals surface area contributed by atoms with E-state index in [1.807, 2.05) is 19.1 Å². The van der Waals surface area contributed by atoms with Crippen molar-refractivity contribution in [2.45, 2.75) is 39.3 Å². The fourth-order valence-electron chi connectivity index (χ4n) is 2.06. The largest absolute Gasteiger partial charge is 0.508 e. The van der Waals surface area contributed by atoms with Gasteiger partial charge in [-0.15, -0.1) is 0 Å². The Morgan fingerprint density at radius 3 is 2.26 bits per heavy atom. The van der Waals surface area contributed by atoms with Crippen LogP contribution in [0.25, 0.3) is 0 Å². The first-order chi connectivity index (χ1) is 8.93. The van der Waals surface area contributed by atoms with E-state index in [0.29, 0.717) is 5.92 Å². The van der Waals surface area contributed by atoms with Gasteiger partial charge in [-0.2, -0.15) is 0 Å². The summed E-state index contributed by atoms with van der Waals surface area (Å²) in [5, 5.41) is 15.3. The molecule has 19 heavy (non-hydrogen) atoms. The Morgan fingerprint density at radius 1 is 1.21 bits per heavy atom. The average Bonchev–Trinajstić information content (AvgIpc) is 2.37. The van der Waals surface area contributed by atoms with Gasteiger partial charge in [-0.05, 0) is 37.0 Å². The number of aromatic hydroxyl groups is 1. The van der Waals surface area contributed by atoms with Gasteiger partial charge in [0, 0.05) is 13.1 Å². The van der Waals surface area contributed by atoms with E-state index in [2.05, 4.69) is 24.5 Å². The van der Waals surface area contributed by atoms with Gasteiger partial charge < -0.3 is 10.4 Å². The summed E-state index contributed by atoms with van der Waals surface area (Å²) in [4.78, 5) is 11.9. The third-order valence-corrected chi connectivity index (χ3v) is 3.11. The quantitative estimate of drug-likeness (QED) is 0.738. The van der Waals surface area contributed by atoms with E-state index < -0.39 is 0 Å². The van der Waals surface area contributed by atoms with E-state index in [0.717, 1.165) is 12.0 Å². The Kier molecular flexibility index (Phi) is 5.83. The normalized spacial score (nSPS) is 14.2. The Labute approximate surface area is 115 Å². The first-order valence-corrected chi connectivity index (χ1v) is 6.70. The van der Waals surface area contributed by atoms with Crippen molar-refractivity contribution < 1.29 is 9.90 Å². The predicted octanol–water partition coefficient (Wildman–Crippen LogP) is 2.20. The fourth-order valence-corrected chi connectivity index (χ4v) is 2.06. The van der Waals surface area contributed by atoms with Crippen LogP contribution in [0.15, 0.2) is 24.3 Å². The van der Waals surface area contributed by atoms with Crippen molar-refractivity contribution in [3.8, 4) is 5.75 Å². The molecule has 0 heterocycles. The van der Waals surface area contributed by atoms with E-state index in [1.165, 1.54) is 0 Å². The minimum absolute atomic E-state index is 0.0133. The van der Waals surface area contributed by atoms with Crippen molar-refractivity contribution in [2.75, 3.05) is 7.05 Å². The molecule has 2 atom stereocenters. The molecule has 0 radical (unpaired) electrons. The second-order valence-corrected chi connectivity index (χ2v) is 5.28. The van der Waals surface area contributed by atoms with Crippen molar-refractivity contribution in [3.63, 3.8) is 0 Å². The maximum absolute atomic E-state index is 11.9. The van der Waals surface area contributed by atoms with Crippen molar-refractivity contribution in [1.82, 2.24) is 10.6 Å². The lowest BCUT2D eigenvalue weighted by atomic mass is 10.0. The molecule has 4 heteroatoms. The van der Waals surface area contributed by atoms with Gasteiger partial charge in [0.25, 0.3) is 0 Å². The second kappa shape index (κ2) is 7.14. The fraction of sp³-hybridized carbons (Fsp3) is 0.533. The number of amides is 1. The maximum Gasteiger partial charge on any atom is 0.236 e. The molecule has 1 aromatic rings. The van der Waals surface area contributed by atoms with Gasteiger partial charge in [-0.25, -0.2) is 0 Å². The van der Waals surface area contributed by atoms with Crippen LogP contribution in [0, 0.1) is 5.92 Å². The predicted molar refractivity (Wildman–Crippen MR) is 77.0 cm³/mol. The van der Waals surface area contributed by atoms with Gasteiger partial charge in [0.15, 0.2) is 0 Å². The molecule has 1 aromatic carbocycles. The van der Waals surface area contributed by atoms with Crippen LogP contribution in [0.4, 0.5) is 0 Å². The topological polar surface area (TPSA) is 61.4 Å². The molecule has 0 saturated heterocycles. The molecular formula is C15H24N2O2. The van der Waals surface area contributed by atoms with Gasteiger partial charge in [0.05, 0.1) is 6.04 Å². The highest BCUT2D eigenvalue weighted by molar-refractivity contribution is 5.81. The molecule has 0 aliphatic carbocycles. The number of phenolic OH excluding ortho intramolecular Hbond substituents is 1. The number of benzene rings is 1. The molecular weight excluding hydrogens is 240 g/mol. The summed E-state index contributed by atoms with van der Waals surface area (Å²) in [6.45, 7) is 6.22. The van der Waals surface area contributed by atoms with Crippen LogP contribution in [0.5, 0.6) is 5.75 Å². The number of hydrogen-bond acceptors (Lipinski definition) is 3. The molecule has 4 nitrogen and oxygen atoms in total. The average molecular weight is 264 g/mol. The molecule has 0 aromatic heterocycles.